The second-order valence-electron chi connectivity index (χ2n) is 4.96. The van der Waals surface area contributed by atoms with Crippen LogP contribution >= 0.6 is 24.0 Å². The molecule has 0 atom stereocenters. The summed E-state index contributed by atoms with van der Waals surface area (Å²) in [6, 6.07) is 6.03. The molecule has 0 radical (unpaired) electrons. The maximum Gasteiger partial charge on any atom is 0.161 e. The summed E-state index contributed by atoms with van der Waals surface area (Å²) in [5, 5.41) is 0. The Morgan fingerprint density at radius 2 is 1.95 bits per heavy atom. The molecule has 1 saturated heterocycles. The van der Waals surface area contributed by atoms with Gasteiger partial charge in [-0.05, 0) is 17.7 Å². The Morgan fingerprint density at radius 3 is 2.64 bits per heavy atom. The SMILES string of the molecule is COCCN1CN(Cc2ccc(OC)c(OC)c2)CSC1=S. The van der Waals surface area contributed by atoms with Gasteiger partial charge < -0.3 is 19.1 Å². The van der Waals surface area contributed by atoms with Crippen LogP contribution in [0, 0.1) is 0 Å². The van der Waals surface area contributed by atoms with E-state index in [1.54, 1.807) is 33.1 Å². The van der Waals surface area contributed by atoms with Gasteiger partial charge in [0.15, 0.2) is 11.5 Å². The van der Waals surface area contributed by atoms with Gasteiger partial charge in [-0.25, -0.2) is 0 Å². The minimum atomic E-state index is 0.685. The van der Waals surface area contributed by atoms with E-state index in [1.807, 2.05) is 12.1 Å². The van der Waals surface area contributed by atoms with Crippen LogP contribution in [0.3, 0.4) is 0 Å². The number of methoxy groups -OCH3 is 3. The van der Waals surface area contributed by atoms with Crippen molar-refractivity contribution in [3.05, 3.63) is 23.8 Å². The van der Waals surface area contributed by atoms with Crippen molar-refractivity contribution in [3.63, 3.8) is 0 Å². The van der Waals surface area contributed by atoms with E-state index in [0.717, 1.165) is 41.5 Å². The Balaban J connectivity index is 1.99. The van der Waals surface area contributed by atoms with Crippen LogP contribution in [0.1, 0.15) is 5.56 Å². The third kappa shape index (κ3) is 4.49. The fourth-order valence-corrected chi connectivity index (χ4v) is 3.38. The van der Waals surface area contributed by atoms with Gasteiger partial charge in [-0.3, -0.25) is 4.90 Å². The molecule has 1 aliphatic rings. The van der Waals surface area contributed by atoms with E-state index in [-0.39, 0.29) is 0 Å². The van der Waals surface area contributed by atoms with E-state index in [1.165, 1.54) is 5.56 Å². The highest BCUT2D eigenvalue weighted by molar-refractivity contribution is 8.22. The van der Waals surface area contributed by atoms with Crippen molar-refractivity contribution in [2.75, 3.05) is 47.0 Å². The summed E-state index contributed by atoms with van der Waals surface area (Å²) >= 11 is 7.09. The average Bonchev–Trinajstić information content (AvgIpc) is 2.55. The van der Waals surface area contributed by atoms with Gasteiger partial charge in [0.05, 0.1) is 33.4 Å². The quantitative estimate of drug-likeness (QED) is 0.704. The van der Waals surface area contributed by atoms with E-state index in [0.29, 0.717) is 6.61 Å². The summed E-state index contributed by atoms with van der Waals surface area (Å²) in [4.78, 5) is 4.52. The maximum absolute atomic E-state index is 5.40. The van der Waals surface area contributed by atoms with E-state index in [9.17, 15) is 0 Å². The molecule has 0 spiro atoms. The molecule has 0 amide bonds. The first-order chi connectivity index (χ1) is 10.7. The molecule has 1 aromatic carbocycles. The van der Waals surface area contributed by atoms with Crippen molar-refractivity contribution in [1.29, 1.82) is 0 Å². The Morgan fingerprint density at radius 1 is 1.18 bits per heavy atom. The monoisotopic (exact) mass is 342 g/mol. The Bertz CT molecular complexity index is 514. The number of rotatable bonds is 7. The van der Waals surface area contributed by atoms with Gasteiger partial charge >= 0.3 is 0 Å². The Hall–Kier alpha value is -1.02. The number of hydrogen-bond donors (Lipinski definition) is 0. The van der Waals surface area contributed by atoms with Crippen molar-refractivity contribution in [3.8, 4) is 11.5 Å². The molecule has 1 fully saturated rings. The van der Waals surface area contributed by atoms with Crippen molar-refractivity contribution in [2.24, 2.45) is 0 Å². The molecule has 2 rings (SSSR count). The third-order valence-electron chi connectivity index (χ3n) is 3.42. The zero-order valence-electron chi connectivity index (χ0n) is 13.2. The molecule has 0 bridgehead atoms. The molecule has 1 heterocycles. The van der Waals surface area contributed by atoms with Gasteiger partial charge in [0.1, 0.15) is 4.32 Å². The molecule has 0 unspecified atom stereocenters. The molecule has 1 aromatic rings. The van der Waals surface area contributed by atoms with E-state index < -0.39 is 0 Å². The number of nitrogens with zero attached hydrogens (tertiary/aromatic N) is 2. The summed E-state index contributed by atoms with van der Waals surface area (Å²) < 4.78 is 16.7. The minimum absolute atomic E-state index is 0.685. The topological polar surface area (TPSA) is 34.2 Å². The van der Waals surface area contributed by atoms with Gasteiger partial charge in [0.25, 0.3) is 0 Å². The van der Waals surface area contributed by atoms with Crippen LogP contribution in [0.25, 0.3) is 0 Å². The molecule has 1 aliphatic heterocycles. The summed E-state index contributed by atoms with van der Waals surface area (Å²) in [5.74, 6) is 2.41. The van der Waals surface area contributed by atoms with Gasteiger partial charge in [-0.1, -0.05) is 30.0 Å². The molecule has 0 N–H and O–H groups in total. The van der Waals surface area contributed by atoms with Gasteiger partial charge in [-0.2, -0.15) is 0 Å². The fourth-order valence-electron chi connectivity index (χ4n) is 2.27. The van der Waals surface area contributed by atoms with Gasteiger partial charge in [0, 0.05) is 20.2 Å². The summed E-state index contributed by atoms with van der Waals surface area (Å²) in [7, 11) is 5.01. The Labute approximate surface area is 141 Å². The standard InChI is InChI=1S/C15H22N2O3S2/c1-18-7-6-17-10-16(11-22-15(17)21)9-12-4-5-13(19-2)14(8-12)20-3/h4-5,8H,6-7,9-11H2,1-3H3. The van der Waals surface area contributed by atoms with Crippen molar-refractivity contribution in [2.45, 2.75) is 6.54 Å². The van der Waals surface area contributed by atoms with E-state index >= 15 is 0 Å². The molecular formula is C15H22N2O3S2. The zero-order valence-corrected chi connectivity index (χ0v) is 14.8. The van der Waals surface area contributed by atoms with Crippen LogP contribution in [-0.2, 0) is 11.3 Å². The second-order valence-corrected chi connectivity index (χ2v) is 6.53. The number of ether oxygens (including phenoxy) is 3. The lowest BCUT2D eigenvalue weighted by Crippen LogP contribution is -2.45. The van der Waals surface area contributed by atoms with Gasteiger partial charge in [-0.15, -0.1) is 0 Å². The van der Waals surface area contributed by atoms with Crippen LogP contribution in [0.15, 0.2) is 18.2 Å². The van der Waals surface area contributed by atoms with Gasteiger partial charge in [0.2, 0.25) is 0 Å². The van der Waals surface area contributed by atoms with Crippen LogP contribution in [0.2, 0.25) is 0 Å². The number of thioether (sulfide) groups is 1. The molecule has 7 heteroatoms. The number of benzene rings is 1. The van der Waals surface area contributed by atoms with Crippen molar-refractivity contribution in [1.82, 2.24) is 9.80 Å². The maximum atomic E-state index is 5.40. The third-order valence-corrected chi connectivity index (χ3v) is 5.03. The first-order valence-corrected chi connectivity index (χ1v) is 8.41. The molecule has 22 heavy (non-hydrogen) atoms. The lowest BCUT2D eigenvalue weighted by atomic mass is 10.2. The largest absolute Gasteiger partial charge is 0.493 e. The fraction of sp³-hybridized carbons (Fsp3) is 0.533. The summed E-state index contributed by atoms with van der Waals surface area (Å²) in [6.45, 7) is 3.18. The lowest BCUT2D eigenvalue weighted by Gasteiger charge is -2.36. The highest BCUT2D eigenvalue weighted by Crippen LogP contribution is 2.29. The van der Waals surface area contributed by atoms with Crippen LogP contribution < -0.4 is 9.47 Å². The predicted octanol–water partition coefficient (Wildman–Crippen LogP) is 2.40. The van der Waals surface area contributed by atoms with Crippen molar-refractivity contribution < 1.29 is 14.2 Å². The van der Waals surface area contributed by atoms with Crippen LogP contribution in [0.4, 0.5) is 0 Å². The van der Waals surface area contributed by atoms with Crippen LogP contribution in [-0.4, -0.2) is 61.1 Å². The minimum Gasteiger partial charge on any atom is -0.493 e. The molecule has 0 aromatic heterocycles. The first-order valence-electron chi connectivity index (χ1n) is 7.01. The molecular weight excluding hydrogens is 320 g/mol. The van der Waals surface area contributed by atoms with Crippen LogP contribution in [0.5, 0.6) is 11.5 Å². The Kier molecular flexibility index (Phi) is 6.75. The molecule has 0 aliphatic carbocycles. The zero-order chi connectivity index (χ0) is 15.9. The first kappa shape index (κ1) is 17.3. The predicted molar refractivity (Wildman–Crippen MR) is 93.6 cm³/mol. The molecule has 5 nitrogen and oxygen atoms in total. The second kappa shape index (κ2) is 8.57. The van der Waals surface area contributed by atoms with E-state index in [4.69, 9.17) is 26.4 Å². The number of thiocarbonyl (C=S) groups is 1. The van der Waals surface area contributed by atoms with E-state index in [2.05, 4.69) is 15.9 Å². The molecule has 0 saturated carbocycles. The lowest BCUT2D eigenvalue weighted by molar-refractivity contribution is 0.144. The summed E-state index contributed by atoms with van der Waals surface area (Å²) in [5.41, 5.74) is 1.19. The number of hydrogen-bond acceptors (Lipinski definition) is 6. The smallest absolute Gasteiger partial charge is 0.161 e. The normalized spacial score (nSPS) is 16.0. The average molecular weight is 342 g/mol. The summed E-state index contributed by atoms with van der Waals surface area (Å²) in [6.07, 6.45) is 0. The van der Waals surface area contributed by atoms with Crippen molar-refractivity contribution >= 4 is 28.3 Å². The highest BCUT2D eigenvalue weighted by Gasteiger charge is 2.21. The molecule has 122 valence electrons. The highest BCUT2D eigenvalue weighted by atomic mass is 32.2.